The first-order valence-corrected chi connectivity index (χ1v) is 8.22. The minimum absolute atomic E-state index is 0.155. The summed E-state index contributed by atoms with van der Waals surface area (Å²) in [6.45, 7) is 3.71. The van der Waals surface area contributed by atoms with E-state index in [1.807, 2.05) is 36.1 Å². The molecule has 2 unspecified atom stereocenters. The van der Waals surface area contributed by atoms with Crippen LogP contribution in [-0.4, -0.2) is 29.9 Å². The van der Waals surface area contributed by atoms with Gasteiger partial charge in [-0.1, -0.05) is 23.7 Å². The number of piperidine rings is 1. The number of rotatable bonds is 3. The molecule has 1 aliphatic heterocycles. The van der Waals surface area contributed by atoms with Gasteiger partial charge in [0.25, 0.3) is 0 Å². The van der Waals surface area contributed by atoms with Crippen molar-refractivity contribution in [1.29, 1.82) is 0 Å². The zero-order valence-corrected chi connectivity index (χ0v) is 13.3. The molecule has 0 radical (unpaired) electrons. The number of likely N-dealkylation sites (tertiary alicyclic amines) is 1. The maximum Gasteiger partial charge on any atom is 0.233 e. The Balaban J connectivity index is 1.78. The van der Waals surface area contributed by atoms with Crippen molar-refractivity contribution in [2.45, 2.75) is 44.1 Å². The van der Waals surface area contributed by atoms with Crippen LogP contribution >= 0.6 is 11.6 Å². The van der Waals surface area contributed by atoms with Crippen molar-refractivity contribution in [2.75, 3.05) is 13.1 Å². The molecule has 1 saturated carbocycles. The van der Waals surface area contributed by atoms with Gasteiger partial charge in [0.15, 0.2) is 0 Å². The van der Waals surface area contributed by atoms with Crippen molar-refractivity contribution in [2.24, 2.45) is 11.7 Å². The van der Waals surface area contributed by atoms with Gasteiger partial charge in [0.05, 0.1) is 5.41 Å². The van der Waals surface area contributed by atoms with Crippen LogP contribution in [0.5, 0.6) is 0 Å². The summed E-state index contributed by atoms with van der Waals surface area (Å²) in [4.78, 5) is 15.0. The molecule has 2 atom stereocenters. The van der Waals surface area contributed by atoms with E-state index in [1.165, 1.54) is 0 Å². The predicted octanol–water partition coefficient (Wildman–Crippen LogP) is 2.96. The Hall–Kier alpha value is -1.06. The molecule has 1 saturated heterocycles. The standard InChI is InChI=1S/C17H23ClN2O/c1-12(19)13-4-3-9-20(11-13)16(21)17(7-8-17)14-5-2-6-15(18)10-14/h2,5-6,10,12-13H,3-4,7-9,11,19H2,1H3. The molecule has 0 spiro atoms. The predicted molar refractivity (Wildman–Crippen MR) is 85.3 cm³/mol. The summed E-state index contributed by atoms with van der Waals surface area (Å²) in [6.07, 6.45) is 4.06. The Morgan fingerprint density at radius 3 is 2.86 bits per heavy atom. The fourth-order valence-corrected chi connectivity index (χ4v) is 3.65. The van der Waals surface area contributed by atoms with Crippen LogP contribution in [0.2, 0.25) is 5.02 Å². The lowest BCUT2D eigenvalue weighted by atomic mass is 9.89. The molecule has 114 valence electrons. The van der Waals surface area contributed by atoms with Crippen LogP contribution in [-0.2, 0) is 10.2 Å². The van der Waals surface area contributed by atoms with Crippen LogP contribution in [0.4, 0.5) is 0 Å². The number of carbonyl (C=O) groups excluding carboxylic acids is 1. The third-order valence-electron chi connectivity index (χ3n) is 5.03. The molecule has 1 aromatic carbocycles. The highest BCUT2D eigenvalue weighted by Crippen LogP contribution is 2.50. The molecule has 1 amide bonds. The number of halogens is 1. The summed E-state index contributed by atoms with van der Waals surface area (Å²) in [5.74, 6) is 0.702. The van der Waals surface area contributed by atoms with Crippen LogP contribution in [0.1, 0.15) is 38.2 Å². The van der Waals surface area contributed by atoms with Gasteiger partial charge in [-0.2, -0.15) is 0 Å². The topological polar surface area (TPSA) is 46.3 Å². The van der Waals surface area contributed by atoms with Crippen LogP contribution in [0.15, 0.2) is 24.3 Å². The summed E-state index contributed by atoms with van der Waals surface area (Å²) >= 11 is 6.09. The molecule has 21 heavy (non-hydrogen) atoms. The third-order valence-corrected chi connectivity index (χ3v) is 5.26. The zero-order chi connectivity index (χ0) is 15.0. The van der Waals surface area contributed by atoms with Crippen LogP contribution < -0.4 is 5.73 Å². The van der Waals surface area contributed by atoms with Gasteiger partial charge in [0.1, 0.15) is 0 Å². The van der Waals surface area contributed by atoms with Gasteiger partial charge in [-0.15, -0.1) is 0 Å². The Labute approximate surface area is 131 Å². The smallest absolute Gasteiger partial charge is 0.233 e. The van der Waals surface area contributed by atoms with Gasteiger partial charge >= 0.3 is 0 Å². The van der Waals surface area contributed by atoms with Crippen molar-refractivity contribution in [1.82, 2.24) is 4.90 Å². The van der Waals surface area contributed by atoms with E-state index in [9.17, 15) is 4.79 Å². The van der Waals surface area contributed by atoms with E-state index in [2.05, 4.69) is 0 Å². The fraction of sp³-hybridized carbons (Fsp3) is 0.588. The molecule has 1 aromatic rings. The summed E-state index contributed by atoms with van der Waals surface area (Å²) in [7, 11) is 0. The molecule has 2 N–H and O–H groups in total. The Bertz CT molecular complexity index is 539. The molecule has 1 aliphatic carbocycles. The Morgan fingerprint density at radius 1 is 1.48 bits per heavy atom. The molecular formula is C17H23ClN2O. The maximum absolute atomic E-state index is 13.0. The monoisotopic (exact) mass is 306 g/mol. The number of nitrogens with two attached hydrogens (primary N) is 1. The molecule has 3 rings (SSSR count). The molecule has 0 bridgehead atoms. The first-order chi connectivity index (χ1) is 10.0. The molecule has 1 heterocycles. The van der Waals surface area contributed by atoms with Gasteiger partial charge in [-0.05, 0) is 56.2 Å². The number of benzene rings is 1. The number of nitrogens with zero attached hydrogens (tertiary/aromatic N) is 1. The fourth-order valence-electron chi connectivity index (χ4n) is 3.46. The number of hydrogen-bond acceptors (Lipinski definition) is 2. The van der Waals surface area contributed by atoms with E-state index in [0.717, 1.165) is 44.3 Å². The normalized spacial score (nSPS) is 25.5. The number of hydrogen-bond donors (Lipinski definition) is 1. The maximum atomic E-state index is 13.0. The second-order valence-corrected chi connectivity index (χ2v) is 7.04. The van der Waals surface area contributed by atoms with E-state index >= 15 is 0 Å². The van der Waals surface area contributed by atoms with E-state index in [-0.39, 0.29) is 17.4 Å². The van der Waals surface area contributed by atoms with Crippen molar-refractivity contribution < 1.29 is 4.79 Å². The summed E-state index contributed by atoms with van der Waals surface area (Å²) in [5, 5.41) is 0.707. The van der Waals surface area contributed by atoms with Crippen LogP contribution in [0.25, 0.3) is 0 Å². The molecule has 0 aromatic heterocycles. The Morgan fingerprint density at radius 2 is 2.24 bits per heavy atom. The summed E-state index contributed by atoms with van der Waals surface area (Å²) < 4.78 is 0. The van der Waals surface area contributed by atoms with Gasteiger partial charge in [0, 0.05) is 24.2 Å². The lowest BCUT2D eigenvalue weighted by molar-refractivity contribution is -0.135. The van der Waals surface area contributed by atoms with E-state index in [0.29, 0.717) is 10.9 Å². The molecule has 3 nitrogen and oxygen atoms in total. The SMILES string of the molecule is CC(N)C1CCCN(C(=O)C2(c3cccc(Cl)c3)CC2)C1. The lowest BCUT2D eigenvalue weighted by Crippen LogP contribution is -2.48. The van der Waals surface area contributed by atoms with Crippen molar-refractivity contribution in [3.8, 4) is 0 Å². The number of amides is 1. The second-order valence-electron chi connectivity index (χ2n) is 6.61. The summed E-state index contributed by atoms with van der Waals surface area (Å²) in [5.41, 5.74) is 6.79. The van der Waals surface area contributed by atoms with Crippen molar-refractivity contribution in [3.63, 3.8) is 0 Å². The highest BCUT2D eigenvalue weighted by Gasteiger charge is 2.53. The molecular weight excluding hydrogens is 284 g/mol. The van der Waals surface area contributed by atoms with Crippen LogP contribution in [0, 0.1) is 5.92 Å². The van der Waals surface area contributed by atoms with Gasteiger partial charge in [-0.3, -0.25) is 4.79 Å². The molecule has 2 aliphatic rings. The highest BCUT2D eigenvalue weighted by molar-refractivity contribution is 6.30. The van der Waals surface area contributed by atoms with Crippen molar-refractivity contribution >= 4 is 17.5 Å². The van der Waals surface area contributed by atoms with E-state index in [1.54, 1.807) is 0 Å². The van der Waals surface area contributed by atoms with Gasteiger partial charge in [-0.25, -0.2) is 0 Å². The van der Waals surface area contributed by atoms with E-state index < -0.39 is 0 Å². The van der Waals surface area contributed by atoms with Gasteiger partial charge < -0.3 is 10.6 Å². The molecule has 2 fully saturated rings. The second kappa shape index (κ2) is 5.62. The average Bonchev–Trinajstić information content (AvgIpc) is 3.28. The quantitative estimate of drug-likeness (QED) is 0.933. The van der Waals surface area contributed by atoms with Crippen LogP contribution in [0.3, 0.4) is 0 Å². The Kier molecular flexibility index (Phi) is 3.98. The zero-order valence-electron chi connectivity index (χ0n) is 12.5. The van der Waals surface area contributed by atoms with E-state index in [4.69, 9.17) is 17.3 Å². The summed E-state index contributed by atoms with van der Waals surface area (Å²) in [6, 6.07) is 7.93. The first kappa shape index (κ1) is 14.9. The minimum atomic E-state index is -0.315. The van der Waals surface area contributed by atoms with Crippen molar-refractivity contribution in [3.05, 3.63) is 34.9 Å². The number of carbonyl (C=O) groups is 1. The largest absolute Gasteiger partial charge is 0.342 e. The minimum Gasteiger partial charge on any atom is -0.342 e. The average molecular weight is 307 g/mol. The van der Waals surface area contributed by atoms with Gasteiger partial charge in [0.2, 0.25) is 5.91 Å². The third kappa shape index (κ3) is 2.82. The highest BCUT2D eigenvalue weighted by atomic mass is 35.5. The lowest BCUT2D eigenvalue weighted by Gasteiger charge is -2.36. The molecule has 4 heteroatoms. The first-order valence-electron chi connectivity index (χ1n) is 7.84.